The molecule has 1 aromatic heterocycles. The van der Waals surface area contributed by atoms with Crippen LogP contribution in [0.5, 0.6) is 0 Å². The molecule has 2 heterocycles. The summed E-state index contributed by atoms with van der Waals surface area (Å²) in [5.74, 6) is 0. The van der Waals surface area contributed by atoms with Crippen LogP contribution in [0.1, 0.15) is 43.0 Å². The van der Waals surface area contributed by atoms with E-state index in [-0.39, 0.29) is 4.87 Å². The molecule has 1 fully saturated rings. The molecule has 0 aliphatic carbocycles. The summed E-state index contributed by atoms with van der Waals surface area (Å²) in [6.07, 6.45) is 5.09. The molecule has 1 N–H and O–H groups in total. The normalized spacial score (nSPS) is 19.5. The Morgan fingerprint density at radius 3 is 2.77 bits per heavy atom. The van der Waals surface area contributed by atoms with Crippen molar-refractivity contribution in [1.29, 1.82) is 0 Å². The number of likely N-dealkylation sites (tertiary alicyclic amines) is 1. The number of piperidine rings is 1. The third kappa shape index (κ3) is 3.33. The molecule has 118 valence electrons. The number of hydrogen-bond acceptors (Lipinski definition) is 3. The lowest BCUT2D eigenvalue weighted by molar-refractivity contribution is 0.137. The highest BCUT2D eigenvalue weighted by atomic mass is 32.1. The molecular weight excluding hydrogens is 292 g/mol. The highest BCUT2D eigenvalue weighted by Gasteiger charge is 2.23. The van der Waals surface area contributed by atoms with Crippen LogP contribution in [0.15, 0.2) is 29.1 Å². The Morgan fingerprint density at radius 1 is 1.27 bits per heavy atom. The van der Waals surface area contributed by atoms with Crippen molar-refractivity contribution in [2.45, 2.75) is 52.1 Å². The highest BCUT2D eigenvalue weighted by Crippen LogP contribution is 2.28. The third-order valence-corrected chi connectivity index (χ3v) is 5.50. The van der Waals surface area contributed by atoms with Gasteiger partial charge in [-0.05, 0) is 38.3 Å². The van der Waals surface area contributed by atoms with Gasteiger partial charge in [0.25, 0.3) is 0 Å². The molecule has 3 rings (SSSR count). The lowest BCUT2D eigenvalue weighted by Crippen LogP contribution is -2.38. The van der Waals surface area contributed by atoms with Gasteiger partial charge in [-0.1, -0.05) is 54.5 Å². The van der Waals surface area contributed by atoms with Crippen molar-refractivity contribution < 1.29 is 0 Å². The van der Waals surface area contributed by atoms with Gasteiger partial charge in [0, 0.05) is 17.5 Å². The molecule has 3 nitrogen and oxygen atoms in total. The van der Waals surface area contributed by atoms with Crippen LogP contribution in [-0.2, 0) is 6.54 Å². The predicted molar refractivity (Wildman–Crippen MR) is 93.5 cm³/mol. The molecule has 1 aromatic carbocycles. The summed E-state index contributed by atoms with van der Waals surface area (Å²) >= 11 is 1.37. The molecule has 2 aromatic rings. The summed E-state index contributed by atoms with van der Waals surface area (Å²) in [5, 5.41) is 0. The number of aromatic nitrogens is 1. The quantitative estimate of drug-likeness (QED) is 0.918. The smallest absolute Gasteiger partial charge is 0.305 e. The molecule has 0 amide bonds. The van der Waals surface area contributed by atoms with Crippen LogP contribution in [0.25, 0.3) is 11.3 Å². The molecule has 0 radical (unpaired) electrons. The molecular formula is C18H24N2OS. The summed E-state index contributed by atoms with van der Waals surface area (Å²) in [7, 11) is 0. The lowest BCUT2D eigenvalue weighted by atomic mass is 9.99. The van der Waals surface area contributed by atoms with Crippen molar-refractivity contribution in [1.82, 2.24) is 9.88 Å². The molecule has 0 bridgehead atoms. The van der Waals surface area contributed by atoms with Gasteiger partial charge in [0.05, 0.1) is 5.69 Å². The number of hydrogen-bond donors (Lipinski definition) is 1. The molecule has 4 heteroatoms. The second-order valence-electron chi connectivity index (χ2n) is 6.21. The molecule has 1 unspecified atom stereocenters. The first kappa shape index (κ1) is 15.5. The Bertz CT molecular complexity index is 671. The second-order valence-corrected chi connectivity index (χ2v) is 7.27. The lowest BCUT2D eigenvalue weighted by Gasteiger charge is -2.35. The molecule has 1 saturated heterocycles. The predicted octanol–water partition coefficient (Wildman–Crippen LogP) is 4.18. The van der Waals surface area contributed by atoms with E-state index in [9.17, 15) is 4.79 Å². The monoisotopic (exact) mass is 316 g/mol. The maximum Gasteiger partial charge on any atom is 0.305 e. The van der Waals surface area contributed by atoms with Gasteiger partial charge in [-0.15, -0.1) is 0 Å². The Hall–Kier alpha value is -1.39. The molecule has 1 atom stereocenters. The van der Waals surface area contributed by atoms with Crippen molar-refractivity contribution in [2.24, 2.45) is 0 Å². The zero-order chi connectivity index (χ0) is 15.5. The zero-order valence-corrected chi connectivity index (χ0v) is 14.2. The van der Waals surface area contributed by atoms with Crippen molar-refractivity contribution in [3.63, 3.8) is 0 Å². The van der Waals surface area contributed by atoms with Crippen LogP contribution in [0.4, 0.5) is 0 Å². The zero-order valence-electron chi connectivity index (χ0n) is 13.4. The van der Waals surface area contributed by atoms with Gasteiger partial charge in [-0.2, -0.15) is 0 Å². The first-order chi connectivity index (χ1) is 10.7. The Labute approximate surface area is 136 Å². The molecule has 22 heavy (non-hydrogen) atoms. The maximum absolute atomic E-state index is 11.9. The highest BCUT2D eigenvalue weighted by molar-refractivity contribution is 7.09. The molecule has 1 aliphatic rings. The number of nitrogens with zero attached hydrogens (tertiary/aromatic N) is 1. The summed E-state index contributed by atoms with van der Waals surface area (Å²) in [5.41, 5.74) is 3.37. The van der Waals surface area contributed by atoms with E-state index in [1.54, 1.807) is 0 Å². The molecule has 0 spiro atoms. The minimum absolute atomic E-state index is 0.0515. The van der Waals surface area contributed by atoms with Crippen molar-refractivity contribution in [3.8, 4) is 11.3 Å². The van der Waals surface area contributed by atoms with Crippen LogP contribution in [0.2, 0.25) is 0 Å². The van der Waals surface area contributed by atoms with Crippen LogP contribution in [-0.4, -0.2) is 22.5 Å². The first-order valence-corrected chi connectivity index (χ1v) is 9.02. The summed E-state index contributed by atoms with van der Waals surface area (Å²) in [6, 6.07) is 9.07. The van der Waals surface area contributed by atoms with Crippen molar-refractivity contribution in [2.75, 3.05) is 6.54 Å². The van der Waals surface area contributed by atoms with Crippen LogP contribution in [0, 0.1) is 6.92 Å². The number of benzene rings is 1. The summed E-state index contributed by atoms with van der Waals surface area (Å²) < 4.78 is 0. The topological polar surface area (TPSA) is 36.1 Å². The number of H-pyrrole nitrogens is 1. The second kappa shape index (κ2) is 6.80. The first-order valence-electron chi connectivity index (χ1n) is 8.20. The molecule has 1 aliphatic heterocycles. The fraction of sp³-hybridized carbons (Fsp3) is 0.500. The summed E-state index contributed by atoms with van der Waals surface area (Å²) in [6.45, 7) is 6.40. The van der Waals surface area contributed by atoms with E-state index in [1.807, 2.05) is 0 Å². The van der Waals surface area contributed by atoms with Crippen LogP contribution in [0.3, 0.4) is 0 Å². The Kier molecular flexibility index (Phi) is 4.79. The van der Waals surface area contributed by atoms with Gasteiger partial charge in [0.1, 0.15) is 0 Å². The van der Waals surface area contributed by atoms with E-state index in [2.05, 4.69) is 48.0 Å². The number of rotatable bonds is 4. The van der Waals surface area contributed by atoms with Gasteiger partial charge in [0.15, 0.2) is 0 Å². The minimum atomic E-state index is 0.0515. The van der Waals surface area contributed by atoms with E-state index in [0.29, 0.717) is 6.04 Å². The largest absolute Gasteiger partial charge is 0.312 e. The number of aryl methyl sites for hydroxylation is 1. The van der Waals surface area contributed by atoms with Crippen LogP contribution < -0.4 is 4.87 Å². The Morgan fingerprint density at radius 2 is 2.05 bits per heavy atom. The number of nitrogens with one attached hydrogen (secondary N) is 1. The van der Waals surface area contributed by atoms with Gasteiger partial charge < -0.3 is 4.98 Å². The van der Waals surface area contributed by atoms with Crippen molar-refractivity contribution >= 4 is 11.3 Å². The fourth-order valence-electron chi connectivity index (χ4n) is 3.34. The molecule has 0 saturated carbocycles. The number of aromatic amines is 1. The number of thiazole rings is 1. The third-order valence-electron chi connectivity index (χ3n) is 4.63. The van der Waals surface area contributed by atoms with E-state index in [1.165, 1.54) is 47.5 Å². The van der Waals surface area contributed by atoms with Gasteiger partial charge in [-0.3, -0.25) is 9.69 Å². The average Bonchev–Trinajstić information content (AvgIpc) is 2.89. The van der Waals surface area contributed by atoms with E-state index < -0.39 is 0 Å². The SMILES string of the molecule is CCC1CCCCN1Cc1sc(=O)[nH]c1-c1ccc(C)cc1. The fourth-order valence-corrected chi connectivity index (χ4v) is 4.22. The average molecular weight is 316 g/mol. The standard InChI is InChI=1S/C18H24N2OS/c1-3-15-6-4-5-11-20(15)12-16-17(19-18(21)22-16)14-9-7-13(2)8-10-14/h7-10,15H,3-6,11-12H2,1-2H3,(H,19,21). The van der Waals surface area contributed by atoms with Gasteiger partial charge in [-0.25, -0.2) is 0 Å². The van der Waals surface area contributed by atoms with E-state index in [4.69, 9.17) is 0 Å². The van der Waals surface area contributed by atoms with Crippen LogP contribution >= 0.6 is 11.3 Å². The maximum atomic E-state index is 11.9. The Balaban J connectivity index is 1.87. The van der Waals surface area contributed by atoms with Crippen molar-refractivity contribution in [3.05, 3.63) is 44.4 Å². The van der Waals surface area contributed by atoms with Gasteiger partial charge in [0.2, 0.25) is 0 Å². The van der Waals surface area contributed by atoms with Gasteiger partial charge >= 0.3 is 4.87 Å². The van der Waals surface area contributed by atoms with E-state index in [0.717, 1.165) is 24.3 Å². The minimum Gasteiger partial charge on any atom is -0.312 e. The summed E-state index contributed by atoms with van der Waals surface area (Å²) in [4.78, 5) is 18.7. The van der Waals surface area contributed by atoms with E-state index >= 15 is 0 Å².